The first-order valence-electron chi connectivity index (χ1n) is 8.91. The van der Waals surface area contributed by atoms with Crippen LogP contribution < -0.4 is 16.2 Å². The first-order valence-corrected chi connectivity index (χ1v) is 11.2. The van der Waals surface area contributed by atoms with Gasteiger partial charge < -0.3 is 16.2 Å². The van der Waals surface area contributed by atoms with E-state index in [0.29, 0.717) is 41.4 Å². The molecule has 7 nitrogen and oxygen atoms in total. The van der Waals surface area contributed by atoms with Gasteiger partial charge in [0.2, 0.25) is 0 Å². The van der Waals surface area contributed by atoms with Crippen molar-refractivity contribution in [1.82, 2.24) is 4.90 Å². The zero-order valence-electron chi connectivity index (χ0n) is 15.9. The third-order valence-corrected chi connectivity index (χ3v) is 6.90. The number of halogens is 1. The molecule has 0 aromatic heterocycles. The first-order chi connectivity index (χ1) is 12.5. The molecule has 0 spiro atoms. The number of benzene rings is 1. The fourth-order valence-electron chi connectivity index (χ4n) is 3.59. The van der Waals surface area contributed by atoms with Crippen molar-refractivity contribution in [3.05, 3.63) is 22.7 Å². The van der Waals surface area contributed by atoms with E-state index in [1.807, 2.05) is 4.90 Å². The number of likely N-dealkylation sites (tertiary alicyclic amines) is 1. The maximum Gasteiger partial charge on any atom is 0.166 e. The second-order valence-corrected chi connectivity index (χ2v) is 9.80. The highest BCUT2D eigenvalue weighted by molar-refractivity contribution is 7.91. The van der Waals surface area contributed by atoms with Crippen LogP contribution in [0.5, 0.6) is 5.75 Å². The fourth-order valence-corrected chi connectivity index (χ4v) is 5.16. The Morgan fingerprint density at radius 3 is 2.67 bits per heavy atom. The van der Waals surface area contributed by atoms with Crippen LogP contribution in [0, 0.1) is 5.92 Å². The number of ketones is 1. The van der Waals surface area contributed by atoms with Crippen LogP contribution in [0.4, 0.5) is 5.69 Å². The van der Waals surface area contributed by atoms with Crippen molar-refractivity contribution in [1.29, 1.82) is 0 Å². The molecule has 27 heavy (non-hydrogen) atoms. The second-order valence-electron chi connectivity index (χ2n) is 7.19. The van der Waals surface area contributed by atoms with Gasteiger partial charge in [-0.1, -0.05) is 11.6 Å². The zero-order valence-corrected chi connectivity index (χ0v) is 17.5. The van der Waals surface area contributed by atoms with E-state index in [0.717, 1.165) is 6.42 Å². The highest BCUT2D eigenvalue weighted by Crippen LogP contribution is 2.33. The molecule has 1 fully saturated rings. The minimum atomic E-state index is -3.26. The number of carbonyl (C=O) groups is 1. The zero-order chi connectivity index (χ0) is 20.4. The first kappa shape index (κ1) is 21.9. The molecule has 1 aliphatic rings. The molecular weight excluding hydrogens is 390 g/mol. The maximum atomic E-state index is 12.7. The van der Waals surface area contributed by atoms with E-state index in [2.05, 4.69) is 0 Å². The number of nitrogens with zero attached hydrogens (tertiary/aromatic N) is 1. The largest absolute Gasteiger partial charge is 0.496 e. The summed E-state index contributed by atoms with van der Waals surface area (Å²) in [6.45, 7) is 2.39. The molecule has 4 N–H and O–H groups in total. The SMILES string of the molecule is COc1cc(N)c(Cl)cc1C(=O)CCC1CCN(C(C)N)C(S(C)(=O)=O)C1. The van der Waals surface area contributed by atoms with Crippen LogP contribution in [0.15, 0.2) is 12.1 Å². The molecule has 1 aromatic rings. The standard InChI is InChI=1S/C18H28ClN3O4S/c1-11(20)22-7-6-12(8-18(22)27(3,24)25)4-5-16(23)13-9-14(19)15(21)10-17(13)26-2/h9-12,18H,4-8,20-21H2,1-3H3. The van der Waals surface area contributed by atoms with Gasteiger partial charge in [-0.25, -0.2) is 8.42 Å². The average Bonchev–Trinajstić information content (AvgIpc) is 2.60. The molecule has 0 bridgehead atoms. The Morgan fingerprint density at radius 1 is 1.44 bits per heavy atom. The van der Waals surface area contributed by atoms with Crippen molar-refractivity contribution in [2.45, 2.75) is 44.1 Å². The van der Waals surface area contributed by atoms with Crippen LogP contribution in [-0.4, -0.2) is 50.6 Å². The third kappa shape index (κ3) is 5.34. The molecule has 0 saturated carbocycles. The van der Waals surface area contributed by atoms with Gasteiger partial charge in [-0.2, -0.15) is 0 Å². The van der Waals surface area contributed by atoms with E-state index in [1.54, 1.807) is 6.92 Å². The summed E-state index contributed by atoms with van der Waals surface area (Å²) in [5.41, 5.74) is 12.4. The van der Waals surface area contributed by atoms with Crippen molar-refractivity contribution >= 4 is 32.9 Å². The van der Waals surface area contributed by atoms with Crippen molar-refractivity contribution in [2.24, 2.45) is 11.7 Å². The summed E-state index contributed by atoms with van der Waals surface area (Å²) in [5.74, 6) is 0.431. The minimum absolute atomic E-state index is 0.0979. The molecule has 3 atom stereocenters. The predicted molar refractivity (Wildman–Crippen MR) is 108 cm³/mol. The number of carbonyl (C=O) groups excluding carboxylic acids is 1. The Labute approximate surface area is 165 Å². The van der Waals surface area contributed by atoms with Gasteiger partial charge in [0, 0.05) is 25.3 Å². The van der Waals surface area contributed by atoms with E-state index in [1.165, 1.54) is 25.5 Å². The number of sulfone groups is 1. The molecule has 1 aliphatic heterocycles. The van der Waals surface area contributed by atoms with Crippen LogP contribution in [-0.2, 0) is 9.84 Å². The number of ether oxygens (including phenoxy) is 1. The predicted octanol–water partition coefficient (Wildman–Crippen LogP) is 2.28. The molecule has 0 radical (unpaired) electrons. The summed E-state index contributed by atoms with van der Waals surface area (Å²) in [5, 5.41) is -0.298. The lowest BCUT2D eigenvalue weighted by molar-refractivity contribution is 0.0929. The topological polar surface area (TPSA) is 116 Å². The van der Waals surface area contributed by atoms with Crippen molar-refractivity contribution in [2.75, 3.05) is 25.6 Å². The monoisotopic (exact) mass is 417 g/mol. The molecule has 152 valence electrons. The fraction of sp³-hybridized carbons (Fsp3) is 0.611. The number of nitrogens with two attached hydrogens (primary N) is 2. The summed E-state index contributed by atoms with van der Waals surface area (Å²) < 4.78 is 29.5. The molecule has 1 saturated heterocycles. The molecule has 1 heterocycles. The normalized spacial score (nSPS) is 22.4. The Hall–Kier alpha value is -1.35. The number of hydrogen-bond acceptors (Lipinski definition) is 7. The average molecular weight is 418 g/mol. The maximum absolute atomic E-state index is 12.7. The highest BCUT2D eigenvalue weighted by Gasteiger charge is 2.36. The Morgan fingerprint density at radius 2 is 2.11 bits per heavy atom. The Kier molecular flexibility index (Phi) is 7.13. The minimum Gasteiger partial charge on any atom is -0.496 e. The van der Waals surface area contributed by atoms with Crippen LogP contribution >= 0.6 is 11.6 Å². The number of Topliss-reactive ketones (excluding diaryl/α,β-unsaturated/α-hetero) is 1. The molecule has 0 aliphatic carbocycles. The lowest BCUT2D eigenvalue weighted by Crippen LogP contribution is -2.53. The Bertz CT molecular complexity index is 798. The number of rotatable bonds is 7. The van der Waals surface area contributed by atoms with Gasteiger partial charge in [-0.3, -0.25) is 9.69 Å². The second kappa shape index (κ2) is 8.77. The number of hydrogen-bond donors (Lipinski definition) is 2. The molecule has 9 heteroatoms. The molecule has 3 unspecified atom stereocenters. The molecule has 0 amide bonds. The van der Waals surface area contributed by atoms with Crippen molar-refractivity contribution < 1.29 is 17.9 Å². The molecular formula is C18H28ClN3O4S. The lowest BCUT2D eigenvalue weighted by Gasteiger charge is -2.40. The summed E-state index contributed by atoms with van der Waals surface area (Å²) in [4.78, 5) is 14.5. The summed E-state index contributed by atoms with van der Waals surface area (Å²) in [6, 6.07) is 3.06. The van der Waals surface area contributed by atoms with Crippen molar-refractivity contribution in [3.63, 3.8) is 0 Å². The smallest absolute Gasteiger partial charge is 0.166 e. The number of nitrogen functional groups attached to an aromatic ring is 1. The van der Waals surface area contributed by atoms with Crippen molar-refractivity contribution in [3.8, 4) is 5.75 Å². The van der Waals surface area contributed by atoms with E-state index in [-0.39, 0.29) is 24.3 Å². The summed E-state index contributed by atoms with van der Waals surface area (Å²) >= 11 is 6.03. The number of methoxy groups -OCH3 is 1. The van der Waals surface area contributed by atoms with Gasteiger partial charge in [0.1, 0.15) is 11.1 Å². The summed E-state index contributed by atoms with van der Waals surface area (Å²) in [7, 11) is -1.78. The summed E-state index contributed by atoms with van der Waals surface area (Å²) in [6.07, 6.45) is 3.09. The number of piperidine rings is 1. The van der Waals surface area contributed by atoms with Gasteiger partial charge in [0.25, 0.3) is 0 Å². The molecule has 1 aromatic carbocycles. The third-order valence-electron chi connectivity index (χ3n) is 5.12. The van der Waals surface area contributed by atoms with Crippen LogP contribution in [0.3, 0.4) is 0 Å². The quantitative estimate of drug-likeness (QED) is 0.516. The van der Waals surface area contributed by atoms with E-state index in [9.17, 15) is 13.2 Å². The van der Waals surface area contributed by atoms with Gasteiger partial charge in [0.05, 0.1) is 29.5 Å². The van der Waals surface area contributed by atoms with E-state index in [4.69, 9.17) is 27.8 Å². The van der Waals surface area contributed by atoms with E-state index < -0.39 is 15.2 Å². The lowest BCUT2D eigenvalue weighted by atomic mass is 9.90. The molecule has 2 rings (SSSR count). The van der Waals surface area contributed by atoms with E-state index >= 15 is 0 Å². The van der Waals surface area contributed by atoms with Gasteiger partial charge in [-0.15, -0.1) is 0 Å². The van der Waals surface area contributed by atoms with Crippen LogP contribution in [0.2, 0.25) is 5.02 Å². The van der Waals surface area contributed by atoms with Crippen LogP contribution in [0.1, 0.15) is 43.0 Å². The number of anilines is 1. The van der Waals surface area contributed by atoms with Gasteiger partial charge >= 0.3 is 0 Å². The Balaban J connectivity index is 2.07. The van der Waals surface area contributed by atoms with Gasteiger partial charge in [-0.05, 0) is 38.2 Å². The van der Waals surface area contributed by atoms with Crippen LogP contribution in [0.25, 0.3) is 0 Å². The van der Waals surface area contributed by atoms with Gasteiger partial charge in [0.15, 0.2) is 15.6 Å². The highest BCUT2D eigenvalue weighted by atomic mass is 35.5.